The minimum Gasteiger partial charge on any atom is -0.281 e. The summed E-state index contributed by atoms with van der Waals surface area (Å²) in [4.78, 5) is 11.0. The van der Waals surface area contributed by atoms with Crippen LogP contribution in [0.2, 0.25) is 0 Å². The Labute approximate surface area is 85.8 Å². The Morgan fingerprint density at radius 2 is 2.15 bits per heavy atom. The van der Waals surface area contributed by atoms with Gasteiger partial charge in [0, 0.05) is 5.92 Å². The predicted octanol–water partition coefficient (Wildman–Crippen LogP) is 3.60. The molecule has 0 aliphatic heterocycles. The maximum Gasteiger partial charge on any atom is 0.224 e. The second-order valence-corrected chi connectivity index (χ2v) is 4.73. The highest BCUT2D eigenvalue weighted by atomic mass is 35.5. The smallest absolute Gasteiger partial charge is 0.224 e. The molecule has 0 bridgehead atoms. The van der Waals surface area contributed by atoms with Gasteiger partial charge in [0.05, 0.1) is 0 Å². The highest BCUT2D eigenvalue weighted by Gasteiger charge is 2.30. The van der Waals surface area contributed by atoms with Crippen LogP contribution in [0.3, 0.4) is 0 Å². The fourth-order valence-corrected chi connectivity index (χ4v) is 2.84. The van der Waals surface area contributed by atoms with Crippen molar-refractivity contribution in [2.24, 2.45) is 17.8 Å². The molecule has 0 saturated heterocycles. The molecule has 0 aromatic carbocycles. The molecule has 0 amide bonds. The summed E-state index contributed by atoms with van der Waals surface area (Å²) in [5.74, 6) is 1.47. The minimum absolute atomic E-state index is 0.123. The van der Waals surface area contributed by atoms with Crippen molar-refractivity contribution in [3.63, 3.8) is 0 Å². The molecule has 3 atom stereocenters. The van der Waals surface area contributed by atoms with E-state index in [2.05, 4.69) is 13.8 Å². The van der Waals surface area contributed by atoms with E-state index in [1.54, 1.807) is 0 Å². The molecule has 13 heavy (non-hydrogen) atoms. The summed E-state index contributed by atoms with van der Waals surface area (Å²) in [5.41, 5.74) is 0. The van der Waals surface area contributed by atoms with Crippen LogP contribution in [0.4, 0.5) is 0 Å². The lowest BCUT2D eigenvalue weighted by molar-refractivity contribution is -0.117. The molecule has 1 fully saturated rings. The summed E-state index contributed by atoms with van der Waals surface area (Å²) in [6.45, 7) is 4.39. The van der Waals surface area contributed by atoms with Gasteiger partial charge in [-0.2, -0.15) is 0 Å². The van der Waals surface area contributed by atoms with Gasteiger partial charge in [0.2, 0.25) is 5.24 Å². The van der Waals surface area contributed by atoms with E-state index in [-0.39, 0.29) is 11.2 Å². The van der Waals surface area contributed by atoms with Crippen molar-refractivity contribution in [2.75, 3.05) is 0 Å². The number of halogens is 1. The van der Waals surface area contributed by atoms with E-state index in [0.29, 0.717) is 5.92 Å². The largest absolute Gasteiger partial charge is 0.281 e. The van der Waals surface area contributed by atoms with Gasteiger partial charge in [-0.3, -0.25) is 4.79 Å². The summed E-state index contributed by atoms with van der Waals surface area (Å²) < 4.78 is 0. The Balaban J connectivity index is 2.42. The van der Waals surface area contributed by atoms with E-state index in [1.165, 1.54) is 25.7 Å². The van der Waals surface area contributed by atoms with E-state index in [9.17, 15) is 4.79 Å². The Hall–Kier alpha value is -0.0400. The monoisotopic (exact) mass is 202 g/mol. The number of hydrogen-bond donors (Lipinski definition) is 0. The Bertz CT molecular complexity index is 179. The third-order valence-electron chi connectivity index (χ3n) is 3.27. The lowest BCUT2D eigenvalue weighted by atomic mass is 9.74. The van der Waals surface area contributed by atoms with Crippen LogP contribution >= 0.6 is 11.6 Å². The van der Waals surface area contributed by atoms with Crippen molar-refractivity contribution in [2.45, 2.75) is 46.0 Å². The summed E-state index contributed by atoms with van der Waals surface area (Å²) >= 11 is 5.54. The topological polar surface area (TPSA) is 17.1 Å². The zero-order valence-electron chi connectivity index (χ0n) is 8.55. The van der Waals surface area contributed by atoms with E-state index in [4.69, 9.17) is 11.6 Å². The number of carbonyl (C=O) groups excluding carboxylic acids is 1. The number of hydrogen-bond acceptors (Lipinski definition) is 1. The Morgan fingerprint density at radius 1 is 1.46 bits per heavy atom. The average Bonchev–Trinajstić information content (AvgIpc) is 2.04. The van der Waals surface area contributed by atoms with Gasteiger partial charge in [-0.25, -0.2) is 0 Å². The SMILES string of the molecule is CCC[C@H]1CC[C@@H](C(=O)Cl)[C@H](C)C1. The quantitative estimate of drug-likeness (QED) is 0.640. The lowest BCUT2D eigenvalue weighted by Gasteiger charge is -2.31. The van der Waals surface area contributed by atoms with Gasteiger partial charge in [0.15, 0.2) is 0 Å². The molecule has 1 saturated carbocycles. The molecule has 0 heterocycles. The molecular weight excluding hydrogens is 184 g/mol. The summed E-state index contributed by atoms with van der Waals surface area (Å²) in [7, 11) is 0. The van der Waals surface area contributed by atoms with E-state index in [0.717, 1.165) is 12.3 Å². The molecule has 0 N–H and O–H groups in total. The lowest BCUT2D eigenvalue weighted by Crippen LogP contribution is -2.26. The fourth-order valence-electron chi connectivity index (χ4n) is 2.52. The molecule has 2 heteroatoms. The second-order valence-electron chi connectivity index (χ2n) is 4.36. The van der Waals surface area contributed by atoms with Gasteiger partial charge in [-0.1, -0.05) is 26.7 Å². The molecule has 1 aliphatic carbocycles. The normalized spacial score (nSPS) is 34.5. The van der Waals surface area contributed by atoms with E-state index >= 15 is 0 Å². The molecule has 1 aliphatic rings. The minimum atomic E-state index is -0.123. The molecule has 1 rings (SSSR count). The first-order valence-electron chi connectivity index (χ1n) is 5.34. The second kappa shape index (κ2) is 4.99. The molecule has 0 aromatic heterocycles. The average molecular weight is 203 g/mol. The van der Waals surface area contributed by atoms with Crippen molar-refractivity contribution in [1.29, 1.82) is 0 Å². The highest BCUT2D eigenvalue weighted by molar-refractivity contribution is 6.64. The molecule has 0 radical (unpaired) electrons. The van der Waals surface area contributed by atoms with Gasteiger partial charge in [0.1, 0.15) is 0 Å². The van der Waals surface area contributed by atoms with Crippen molar-refractivity contribution in [3.05, 3.63) is 0 Å². The van der Waals surface area contributed by atoms with Gasteiger partial charge >= 0.3 is 0 Å². The Kier molecular flexibility index (Phi) is 4.24. The predicted molar refractivity (Wildman–Crippen MR) is 55.8 cm³/mol. The van der Waals surface area contributed by atoms with Crippen LogP contribution in [0.25, 0.3) is 0 Å². The van der Waals surface area contributed by atoms with Crippen LogP contribution in [-0.4, -0.2) is 5.24 Å². The first-order valence-corrected chi connectivity index (χ1v) is 5.72. The van der Waals surface area contributed by atoms with Crippen LogP contribution in [0.5, 0.6) is 0 Å². The molecule has 0 unspecified atom stereocenters. The summed E-state index contributed by atoms with van der Waals surface area (Å²) in [6.07, 6.45) is 5.97. The highest BCUT2D eigenvalue weighted by Crippen LogP contribution is 2.36. The first-order chi connectivity index (χ1) is 6.15. The standard InChI is InChI=1S/C11H19ClO/c1-3-4-9-5-6-10(11(12)13)8(2)7-9/h8-10H,3-7H2,1-2H3/t8-,9+,10-/m1/s1. The first kappa shape index (κ1) is 11.0. The van der Waals surface area contributed by atoms with Gasteiger partial charge < -0.3 is 0 Å². The van der Waals surface area contributed by atoms with Crippen LogP contribution in [0, 0.1) is 17.8 Å². The fraction of sp³-hybridized carbons (Fsp3) is 0.909. The molecule has 0 spiro atoms. The van der Waals surface area contributed by atoms with Crippen molar-refractivity contribution >= 4 is 16.8 Å². The zero-order chi connectivity index (χ0) is 9.84. The summed E-state index contributed by atoms with van der Waals surface area (Å²) in [5, 5.41) is -0.123. The zero-order valence-corrected chi connectivity index (χ0v) is 9.31. The number of rotatable bonds is 3. The van der Waals surface area contributed by atoms with E-state index < -0.39 is 0 Å². The van der Waals surface area contributed by atoms with Gasteiger partial charge in [0.25, 0.3) is 0 Å². The van der Waals surface area contributed by atoms with Crippen molar-refractivity contribution < 1.29 is 4.79 Å². The van der Waals surface area contributed by atoms with Crippen LogP contribution < -0.4 is 0 Å². The molecule has 1 nitrogen and oxygen atoms in total. The van der Waals surface area contributed by atoms with Gasteiger partial charge in [-0.15, -0.1) is 0 Å². The van der Waals surface area contributed by atoms with Crippen LogP contribution in [-0.2, 0) is 4.79 Å². The van der Waals surface area contributed by atoms with E-state index in [1.807, 2.05) is 0 Å². The Morgan fingerprint density at radius 3 is 2.62 bits per heavy atom. The molecular formula is C11H19ClO. The van der Waals surface area contributed by atoms with Crippen molar-refractivity contribution in [3.8, 4) is 0 Å². The van der Waals surface area contributed by atoms with Gasteiger partial charge in [-0.05, 0) is 42.7 Å². The number of carbonyl (C=O) groups is 1. The maximum atomic E-state index is 11.0. The molecule has 0 aromatic rings. The summed E-state index contributed by atoms with van der Waals surface area (Å²) in [6, 6.07) is 0. The maximum absolute atomic E-state index is 11.0. The molecule has 76 valence electrons. The van der Waals surface area contributed by atoms with Crippen molar-refractivity contribution in [1.82, 2.24) is 0 Å². The van der Waals surface area contributed by atoms with Crippen LogP contribution in [0.15, 0.2) is 0 Å². The third-order valence-corrected chi connectivity index (χ3v) is 3.55. The van der Waals surface area contributed by atoms with Crippen LogP contribution in [0.1, 0.15) is 46.0 Å². The third kappa shape index (κ3) is 2.98.